The van der Waals surface area contributed by atoms with Crippen molar-refractivity contribution in [3.63, 3.8) is 0 Å². The molecule has 0 spiro atoms. The van der Waals surface area contributed by atoms with Crippen LogP contribution >= 0.6 is 11.8 Å². The zero-order valence-electron chi connectivity index (χ0n) is 8.40. The highest BCUT2D eigenvalue weighted by Crippen LogP contribution is 2.47. The van der Waals surface area contributed by atoms with Gasteiger partial charge in [0.1, 0.15) is 0 Å². The molecule has 0 aromatic rings. The fourth-order valence-corrected chi connectivity index (χ4v) is 3.44. The normalized spacial score (nSPS) is 30.0. The number of carbonyl (C=O) groups is 1. The van der Waals surface area contributed by atoms with Crippen LogP contribution in [0.15, 0.2) is 11.1 Å². The number of carbonyl (C=O) groups excluding carboxylic acids is 1. The van der Waals surface area contributed by atoms with E-state index in [0.717, 1.165) is 25.8 Å². The molecule has 1 unspecified atom stereocenters. The molecular weight excluding hydrogens is 196 g/mol. The Morgan fingerprint density at radius 3 is 3.07 bits per heavy atom. The van der Waals surface area contributed by atoms with Gasteiger partial charge in [0.2, 0.25) is 5.91 Å². The predicted octanol–water partition coefficient (Wildman–Crippen LogP) is 1.51. The van der Waals surface area contributed by atoms with Crippen molar-refractivity contribution < 1.29 is 4.79 Å². The predicted molar refractivity (Wildman–Crippen MR) is 58.4 cm³/mol. The molecule has 0 radical (unpaired) electrons. The van der Waals surface area contributed by atoms with Crippen LogP contribution in [0.5, 0.6) is 0 Å². The lowest BCUT2D eigenvalue weighted by Gasteiger charge is -2.40. The Bertz CT molecular complexity index is 277. The molecule has 0 aromatic carbocycles. The molecule has 1 saturated heterocycles. The van der Waals surface area contributed by atoms with E-state index in [1.807, 2.05) is 22.9 Å². The second-order valence-electron chi connectivity index (χ2n) is 3.76. The third-order valence-electron chi connectivity index (χ3n) is 2.81. The number of rotatable bonds is 4. The van der Waals surface area contributed by atoms with E-state index in [1.54, 1.807) is 0 Å². The minimum Gasteiger partial charge on any atom is -0.330 e. The van der Waals surface area contributed by atoms with Gasteiger partial charge >= 0.3 is 0 Å². The van der Waals surface area contributed by atoms with Crippen LogP contribution in [0.3, 0.4) is 0 Å². The molecule has 2 aliphatic heterocycles. The highest BCUT2D eigenvalue weighted by molar-refractivity contribution is 8.04. The molecule has 0 aliphatic carbocycles. The highest BCUT2D eigenvalue weighted by atomic mass is 32.2. The minimum atomic E-state index is 0.256. The van der Waals surface area contributed by atoms with Crippen LogP contribution in [0, 0.1) is 5.92 Å². The lowest BCUT2D eigenvalue weighted by molar-refractivity contribution is -0.145. The van der Waals surface area contributed by atoms with Crippen LogP contribution in [-0.4, -0.2) is 22.7 Å². The Kier molecular flexibility index (Phi) is 2.83. The summed E-state index contributed by atoms with van der Waals surface area (Å²) in [5.74, 6) is 0.555. The molecule has 2 rings (SSSR count). The number of hydrogen-bond acceptors (Lipinski definition) is 3. The average Bonchev–Trinajstić information content (AvgIpc) is 2.55. The molecule has 2 N–H and O–H groups in total. The zero-order valence-corrected chi connectivity index (χ0v) is 9.22. The Balaban J connectivity index is 1.93. The largest absolute Gasteiger partial charge is 0.330 e. The van der Waals surface area contributed by atoms with Gasteiger partial charge in [-0.05, 0) is 25.8 Å². The first-order valence-electron chi connectivity index (χ1n) is 5.17. The summed E-state index contributed by atoms with van der Waals surface area (Å²) in [4.78, 5) is 14.7. The lowest BCUT2D eigenvalue weighted by atomic mass is 9.96. The Labute approximate surface area is 88.7 Å². The van der Waals surface area contributed by atoms with Crippen LogP contribution < -0.4 is 5.73 Å². The molecular formula is C10H16N2OS. The minimum absolute atomic E-state index is 0.256. The van der Waals surface area contributed by atoms with E-state index in [9.17, 15) is 4.79 Å². The molecule has 0 saturated carbocycles. The van der Waals surface area contributed by atoms with Gasteiger partial charge in [0.25, 0.3) is 0 Å². The third-order valence-corrected chi connectivity index (χ3v) is 4.22. The Morgan fingerprint density at radius 1 is 1.64 bits per heavy atom. The summed E-state index contributed by atoms with van der Waals surface area (Å²) in [5, 5.41) is 0.403. The topological polar surface area (TPSA) is 46.3 Å². The first kappa shape index (κ1) is 10.1. The first-order chi connectivity index (χ1) is 6.77. The number of amides is 1. The molecule has 3 nitrogen and oxygen atoms in total. The van der Waals surface area contributed by atoms with Gasteiger partial charge in [0, 0.05) is 11.1 Å². The summed E-state index contributed by atoms with van der Waals surface area (Å²) in [6.45, 7) is 2.81. The van der Waals surface area contributed by atoms with Crippen molar-refractivity contribution in [3.05, 3.63) is 11.1 Å². The summed E-state index contributed by atoms with van der Waals surface area (Å²) in [6, 6.07) is 0. The molecule has 2 heterocycles. The van der Waals surface area contributed by atoms with Crippen molar-refractivity contribution in [2.24, 2.45) is 11.7 Å². The van der Waals surface area contributed by atoms with E-state index in [1.165, 1.54) is 4.91 Å². The number of nitrogens with zero attached hydrogens (tertiary/aromatic N) is 1. The monoisotopic (exact) mass is 212 g/mol. The second kappa shape index (κ2) is 3.95. The van der Waals surface area contributed by atoms with Gasteiger partial charge in [-0.3, -0.25) is 4.79 Å². The number of β-lactam (4-membered cyclic amide) rings is 1. The van der Waals surface area contributed by atoms with Gasteiger partial charge in [0.15, 0.2) is 0 Å². The maximum absolute atomic E-state index is 11.5. The average molecular weight is 212 g/mol. The van der Waals surface area contributed by atoms with Crippen LogP contribution in [0.4, 0.5) is 0 Å². The third kappa shape index (κ3) is 1.46. The fourth-order valence-electron chi connectivity index (χ4n) is 1.94. The smallest absolute Gasteiger partial charge is 0.233 e. The zero-order chi connectivity index (χ0) is 10.1. The summed E-state index contributed by atoms with van der Waals surface area (Å²) in [7, 11) is 0. The van der Waals surface area contributed by atoms with Crippen LogP contribution in [-0.2, 0) is 4.79 Å². The maximum atomic E-state index is 11.5. The summed E-state index contributed by atoms with van der Waals surface area (Å²) < 4.78 is 0. The summed E-state index contributed by atoms with van der Waals surface area (Å²) >= 11 is 1.85. The SMILES string of the molecule is CCC1C(=O)N2C=C(CCCN)S[C@@H]12. The van der Waals surface area contributed by atoms with E-state index in [2.05, 4.69) is 6.92 Å². The van der Waals surface area contributed by atoms with Gasteiger partial charge in [-0.2, -0.15) is 0 Å². The van der Waals surface area contributed by atoms with Crippen molar-refractivity contribution in [2.45, 2.75) is 31.6 Å². The summed E-state index contributed by atoms with van der Waals surface area (Å²) in [5.41, 5.74) is 5.46. The molecule has 1 fully saturated rings. The number of fused-ring (bicyclic) bond motifs is 1. The molecule has 14 heavy (non-hydrogen) atoms. The molecule has 2 atom stereocenters. The number of hydrogen-bond donors (Lipinski definition) is 1. The molecule has 1 amide bonds. The maximum Gasteiger partial charge on any atom is 0.233 e. The number of nitrogens with two attached hydrogens (primary N) is 1. The highest BCUT2D eigenvalue weighted by Gasteiger charge is 2.48. The van der Waals surface area contributed by atoms with E-state index in [4.69, 9.17) is 5.73 Å². The van der Waals surface area contributed by atoms with E-state index >= 15 is 0 Å². The van der Waals surface area contributed by atoms with Gasteiger partial charge in [0.05, 0.1) is 11.3 Å². The Hall–Kier alpha value is -0.480. The Morgan fingerprint density at radius 2 is 2.43 bits per heavy atom. The molecule has 0 bridgehead atoms. The van der Waals surface area contributed by atoms with Crippen molar-refractivity contribution in [1.82, 2.24) is 4.90 Å². The first-order valence-corrected chi connectivity index (χ1v) is 6.05. The van der Waals surface area contributed by atoms with Crippen LogP contribution in [0.2, 0.25) is 0 Å². The number of allylic oxidation sites excluding steroid dienone is 1. The molecule has 0 aromatic heterocycles. The fraction of sp³-hybridized carbons (Fsp3) is 0.700. The van der Waals surface area contributed by atoms with Crippen LogP contribution in [0.25, 0.3) is 0 Å². The molecule has 2 aliphatic rings. The number of thioether (sulfide) groups is 1. The van der Waals surface area contributed by atoms with Gasteiger partial charge in [-0.1, -0.05) is 6.92 Å². The quantitative estimate of drug-likeness (QED) is 0.718. The van der Waals surface area contributed by atoms with Gasteiger partial charge in [-0.25, -0.2) is 0 Å². The second-order valence-corrected chi connectivity index (χ2v) is 5.00. The van der Waals surface area contributed by atoms with Gasteiger partial charge in [-0.15, -0.1) is 11.8 Å². The van der Waals surface area contributed by atoms with Crippen molar-refractivity contribution in [1.29, 1.82) is 0 Å². The molecule has 4 heteroatoms. The molecule has 78 valence electrons. The standard InChI is InChI=1S/C10H16N2OS/c1-2-8-9(13)12-6-7(4-3-5-11)14-10(8)12/h6,8,10H,2-5,11H2,1H3/t8?,10-/m0/s1. The van der Waals surface area contributed by atoms with E-state index < -0.39 is 0 Å². The van der Waals surface area contributed by atoms with Crippen LogP contribution in [0.1, 0.15) is 26.2 Å². The van der Waals surface area contributed by atoms with Crippen molar-refractivity contribution in [3.8, 4) is 0 Å². The lowest BCUT2D eigenvalue weighted by Crippen LogP contribution is -2.54. The van der Waals surface area contributed by atoms with E-state index in [0.29, 0.717) is 11.3 Å². The van der Waals surface area contributed by atoms with Crippen molar-refractivity contribution >= 4 is 17.7 Å². The summed E-state index contributed by atoms with van der Waals surface area (Å²) in [6.07, 6.45) is 5.02. The van der Waals surface area contributed by atoms with E-state index in [-0.39, 0.29) is 5.92 Å². The van der Waals surface area contributed by atoms with Crippen molar-refractivity contribution in [2.75, 3.05) is 6.54 Å². The van der Waals surface area contributed by atoms with Gasteiger partial charge < -0.3 is 10.6 Å².